The number of fused-ring (bicyclic) bond motifs is 2. The second-order valence-corrected chi connectivity index (χ2v) is 14.9. The van der Waals surface area contributed by atoms with Crippen molar-refractivity contribution in [1.29, 1.82) is 0 Å². The van der Waals surface area contributed by atoms with Gasteiger partial charge in [-0.05, 0) is 92.4 Å². The summed E-state index contributed by atoms with van der Waals surface area (Å²) >= 11 is 0. The Morgan fingerprint density at radius 2 is 1.33 bits per heavy atom. The van der Waals surface area contributed by atoms with Crippen molar-refractivity contribution in [2.45, 2.75) is 59.2 Å². The summed E-state index contributed by atoms with van der Waals surface area (Å²) in [6, 6.07) is 19.0. The summed E-state index contributed by atoms with van der Waals surface area (Å²) in [7, 11) is 4.10. The number of alkyl carbamates (subject to hydrolysis) is 1. The van der Waals surface area contributed by atoms with Gasteiger partial charge in [0, 0.05) is 42.4 Å². The molecule has 0 spiro atoms. The summed E-state index contributed by atoms with van der Waals surface area (Å²) in [6.45, 7) is 12.1. The number of aliphatic imine (C=N–C) groups is 1. The molecule has 2 aromatic heterocycles. The normalized spacial score (nSPS) is 12.2. The van der Waals surface area contributed by atoms with Crippen LogP contribution in [0.4, 0.5) is 9.59 Å². The molecule has 0 aliphatic heterocycles. The number of carbonyl (C=O) groups excluding carboxylic acids is 3. The summed E-state index contributed by atoms with van der Waals surface area (Å²) in [6.07, 6.45) is -0.754. The van der Waals surface area contributed by atoms with Crippen molar-refractivity contribution < 1.29 is 28.6 Å². The van der Waals surface area contributed by atoms with Crippen molar-refractivity contribution >= 4 is 46.1 Å². The number of benzene rings is 3. The highest BCUT2D eigenvalue weighted by atomic mass is 16.6. The van der Waals surface area contributed by atoms with Gasteiger partial charge in [-0.3, -0.25) is 10.1 Å². The Balaban J connectivity index is 1.18. The molecule has 0 saturated carbocycles. The van der Waals surface area contributed by atoms with Crippen LogP contribution < -0.4 is 20.7 Å². The Kier molecular flexibility index (Phi) is 12.2. The maximum absolute atomic E-state index is 13.0. The van der Waals surface area contributed by atoms with Crippen LogP contribution in [0.25, 0.3) is 44.8 Å². The van der Waals surface area contributed by atoms with E-state index in [1.54, 1.807) is 59.7 Å². The van der Waals surface area contributed by atoms with Crippen molar-refractivity contribution in [2.24, 2.45) is 4.99 Å². The molecule has 3 amide bonds. The van der Waals surface area contributed by atoms with E-state index in [2.05, 4.69) is 35.8 Å². The van der Waals surface area contributed by atoms with Crippen LogP contribution in [0, 0.1) is 0 Å². The predicted molar refractivity (Wildman–Crippen MR) is 209 cm³/mol. The number of nitrogens with one attached hydrogen (secondary N) is 5. The Labute approximate surface area is 314 Å². The molecule has 2 heterocycles. The minimum Gasteiger partial charge on any atom is -0.493 e. The van der Waals surface area contributed by atoms with Gasteiger partial charge in [0.05, 0.1) is 28.7 Å². The van der Waals surface area contributed by atoms with Gasteiger partial charge in [-0.15, -0.1) is 4.99 Å². The third-order valence-corrected chi connectivity index (χ3v) is 7.57. The first-order valence-corrected chi connectivity index (χ1v) is 17.7. The summed E-state index contributed by atoms with van der Waals surface area (Å²) in [5.74, 6) is 1.73. The van der Waals surface area contributed by atoms with Gasteiger partial charge in [-0.2, -0.15) is 0 Å². The highest BCUT2D eigenvalue weighted by Gasteiger charge is 2.20. The van der Waals surface area contributed by atoms with Crippen molar-refractivity contribution in [2.75, 3.05) is 40.3 Å². The first kappa shape index (κ1) is 39.3. The van der Waals surface area contributed by atoms with E-state index in [0.717, 1.165) is 46.7 Å². The van der Waals surface area contributed by atoms with Gasteiger partial charge in [0.1, 0.15) is 28.6 Å². The number of hydrogen-bond acceptors (Lipinski definition) is 9. The highest BCUT2D eigenvalue weighted by molar-refractivity contribution is 5.99. The molecule has 0 bridgehead atoms. The largest absolute Gasteiger partial charge is 0.493 e. The molecule has 0 atom stereocenters. The number of aromatic nitrogens is 4. The zero-order valence-corrected chi connectivity index (χ0v) is 32.0. The lowest BCUT2D eigenvalue weighted by Crippen LogP contribution is -2.46. The fraction of sp³-hybridized carbons (Fsp3) is 0.385. The molecule has 286 valence electrons. The molecule has 0 radical (unpaired) electrons. The van der Waals surface area contributed by atoms with E-state index >= 15 is 0 Å². The average molecular weight is 740 g/mol. The van der Waals surface area contributed by atoms with Gasteiger partial charge in [0.25, 0.3) is 5.91 Å². The van der Waals surface area contributed by atoms with E-state index in [4.69, 9.17) is 24.2 Å². The van der Waals surface area contributed by atoms with E-state index in [-0.39, 0.29) is 25.0 Å². The zero-order chi connectivity index (χ0) is 39.0. The van der Waals surface area contributed by atoms with Gasteiger partial charge in [0.15, 0.2) is 0 Å². The van der Waals surface area contributed by atoms with Gasteiger partial charge >= 0.3 is 12.2 Å². The van der Waals surface area contributed by atoms with E-state index in [0.29, 0.717) is 29.0 Å². The monoisotopic (exact) mass is 739 g/mol. The first-order chi connectivity index (χ1) is 25.5. The molecular weight excluding hydrogens is 690 g/mol. The Morgan fingerprint density at radius 3 is 1.93 bits per heavy atom. The topological polar surface area (TPSA) is 188 Å². The summed E-state index contributed by atoms with van der Waals surface area (Å²) in [5.41, 5.74) is 3.85. The van der Waals surface area contributed by atoms with Crippen molar-refractivity contribution in [3.8, 4) is 28.5 Å². The number of ether oxygens (including phenoxy) is 3. The number of H-pyrrole nitrogens is 2. The second-order valence-electron chi connectivity index (χ2n) is 14.9. The van der Waals surface area contributed by atoms with Crippen LogP contribution in [0.15, 0.2) is 65.7 Å². The molecule has 5 rings (SSSR count). The number of aromatic amines is 2. The number of guanidine groups is 1. The van der Waals surface area contributed by atoms with Crippen molar-refractivity contribution in [3.63, 3.8) is 0 Å². The van der Waals surface area contributed by atoms with Crippen LogP contribution in [-0.2, 0) is 9.47 Å². The van der Waals surface area contributed by atoms with Gasteiger partial charge in [-0.25, -0.2) is 19.6 Å². The highest BCUT2D eigenvalue weighted by Crippen LogP contribution is 2.27. The van der Waals surface area contributed by atoms with Crippen LogP contribution in [0.1, 0.15) is 58.3 Å². The molecule has 0 unspecified atom stereocenters. The predicted octanol–water partition coefficient (Wildman–Crippen LogP) is 6.24. The van der Waals surface area contributed by atoms with Crippen molar-refractivity contribution in [3.05, 3.63) is 66.2 Å². The number of imidazole rings is 2. The second kappa shape index (κ2) is 16.8. The third-order valence-electron chi connectivity index (χ3n) is 7.57. The van der Waals surface area contributed by atoms with Crippen LogP contribution in [0.3, 0.4) is 0 Å². The lowest BCUT2D eigenvalue weighted by Gasteiger charge is -2.21. The minimum atomic E-state index is -0.897. The molecule has 5 aromatic rings. The molecule has 0 aliphatic carbocycles. The number of nitrogens with zero attached hydrogens (tertiary/aromatic N) is 4. The number of carbonyl (C=O) groups is 3. The van der Waals surface area contributed by atoms with Gasteiger partial charge < -0.3 is 39.7 Å². The first-order valence-electron chi connectivity index (χ1n) is 17.7. The Hall–Kier alpha value is -5.96. The lowest BCUT2D eigenvalue weighted by molar-refractivity contribution is 0.0560. The smallest absolute Gasteiger partial charge is 0.437 e. The molecular formula is C39H49N9O6. The maximum atomic E-state index is 13.0. The molecule has 5 N–H and O–H groups in total. The molecule has 15 nitrogen and oxygen atoms in total. The van der Waals surface area contributed by atoms with Gasteiger partial charge in [-0.1, -0.05) is 24.3 Å². The standard InChI is InChI=1S/C39H49N9O6/c1-38(2,3)53-36(50)46-35(47-37(51)54-39(4,5)6)41-19-18-40-34(49)26-14-16-28-30(22-26)44-32(42-28)24-10-12-25(13-11-24)33-43-29-17-15-27(23-31(29)45-33)52-21-9-20-48(7)8/h10-17,22-23H,9,18-21H2,1-8H3,(H,40,49)(H,42,44)(H,43,45)(H2,41,46,47,50,51). The third kappa shape index (κ3) is 11.5. The van der Waals surface area contributed by atoms with E-state index in [9.17, 15) is 14.4 Å². The molecule has 54 heavy (non-hydrogen) atoms. The zero-order valence-electron chi connectivity index (χ0n) is 32.0. The fourth-order valence-electron chi connectivity index (χ4n) is 5.21. The SMILES string of the molecule is CN(C)CCCOc1ccc2nc(-c3ccc(-c4nc5ccc(C(=O)NCCN/C(=N\C(=O)OC(C)(C)C)NC(=O)OC(C)(C)C)cc5[nH]4)cc3)[nH]c2c1. The molecule has 0 fully saturated rings. The van der Waals surface area contributed by atoms with Crippen LogP contribution in [0.5, 0.6) is 5.75 Å². The van der Waals surface area contributed by atoms with Crippen LogP contribution in [-0.4, -0.2) is 100 Å². The average Bonchev–Trinajstić information content (AvgIpc) is 3.70. The summed E-state index contributed by atoms with van der Waals surface area (Å²) in [5, 5.41) is 8.08. The molecule has 15 heteroatoms. The molecule has 3 aromatic carbocycles. The lowest BCUT2D eigenvalue weighted by atomic mass is 10.1. The van der Waals surface area contributed by atoms with E-state index in [1.807, 2.05) is 56.6 Å². The summed E-state index contributed by atoms with van der Waals surface area (Å²) in [4.78, 5) is 59.8. The quantitative estimate of drug-likeness (QED) is 0.0590. The van der Waals surface area contributed by atoms with E-state index in [1.165, 1.54) is 0 Å². The number of rotatable bonds is 11. The fourth-order valence-corrected chi connectivity index (χ4v) is 5.21. The van der Waals surface area contributed by atoms with Crippen LogP contribution >= 0.6 is 0 Å². The number of amides is 3. The Bertz CT molecular complexity index is 2120. The summed E-state index contributed by atoms with van der Waals surface area (Å²) < 4.78 is 16.4. The number of hydrogen-bond donors (Lipinski definition) is 5. The Morgan fingerprint density at radius 1 is 0.759 bits per heavy atom. The minimum absolute atomic E-state index is 0.135. The van der Waals surface area contributed by atoms with E-state index < -0.39 is 23.4 Å². The molecule has 0 saturated heterocycles. The molecule has 0 aliphatic rings. The maximum Gasteiger partial charge on any atom is 0.437 e. The van der Waals surface area contributed by atoms with Crippen molar-refractivity contribution in [1.82, 2.24) is 40.8 Å². The van der Waals surface area contributed by atoms with Crippen LogP contribution in [0.2, 0.25) is 0 Å². The van der Waals surface area contributed by atoms with Gasteiger partial charge in [0.2, 0.25) is 5.96 Å².